The van der Waals surface area contributed by atoms with E-state index in [1.807, 2.05) is 58.4 Å². The van der Waals surface area contributed by atoms with Crippen LogP contribution in [-0.2, 0) is 16.9 Å². The van der Waals surface area contributed by atoms with Crippen LogP contribution >= 0.6 is 0 Å². The highest BCUT2D eigenvalue weighted by molar-refractivity contribution is 5.95. The number of aromatic amines is 1. The largest absolute Gasteiger partial charge is 0.379 e. The van der Waals surface area contributed by atoms with Gasteiger partial charge in [-0.1, -0.05) is 30.3 Å². The molecule has 10 nitrogen and oxygen atoms in total. The molecule has 1 aromatic carbocycles. The van der Waals surface area contributed by atoms with Crippen LogP contribution < -0.4 is 5.73 Å². The van der Waals surface area contributed by atoms with Crippen LogP contribution in [0.4, 0.5) is 5.95 Å². The van der Waals surface area contributed by atoms with Gasteiger partial charge in [0, 0.05) is 66.7 Å². The molecule has 5 aromatic rings. The Kier molecular flexibility index (Phi) is 6.77. The highest BCUT2D eigenvalue weighted by atomic mass is 16.3. The molecule has 204 valence electrons. The zero-order valence-corrected chi connectivity index (χ0v) is 22.4. The van der Waals surface area contributed by atoms with E-state index >= 15 is 0 Å². The monoisotopic (exact) mass is 536 g/mol. The molecular formula is C30H32N8O2. The highest BCUT2D eigenvalue weighted by Crippen LogP contribution is 2.34. The summed E-state index contributed by atoms with van der Waals surface area (Å²) in [6.07, 6.45) is 11.2. The van der Waals surface area contributed by atoms with E-state index in [1.165, 1.54) is 6.42 Å². The van der Waals surface area contributed by atoms with E-state index in [2.05, 4.69) is 25.0 Å². The number of nitrogens with two attached hydrogens (primary N) is 1. The molecular weight excluding hydrogens is 504 g/mol. The topological polar surface area (TPSA) is 139 Å². The van der Waals surface area contributed by atoms with Crippen molar-refractivity contribution in [2.24, 2.45) is 0 Å². The van der Waals surface area contributed by atoms with Crippen molar-refractivity contribution >= 4 is 22.9 Å². The van der Waals surface area contributed by atoms with Gasteiger partial charge in [-0.2, -0.15) is 5.10 Å². The first-order valence-electron chi connectivity index (χ1n) is 13.6. The van der Waals surface area contributed by atoms with Crippen LogP contribution in [0.2, 0.25) is 0 Å². The van der Waals surface area contributed by atoms with E-state index in [9.17, 15) is 9.90 Å². The summed E-state index contributed by atoms with van der Waals surface area (Å²) >= 11 is 0. The van der Waals surface area contributed by atoms with Crippen LogP contribution in [0, 0.1) is 0 Å². The van der Waals surface area contributed by atoms with Crippen molar-refractivity contribution in [3.8, 4) is 22.4 Å². The second-order valence-electron chi connectivity index (χ2n) is 10.4. The van der Waals surface area contributed by atoms with Gasteiger partial charge in [0.15, 0.2) is 0 Å². The third-order valence-electron chi connectivity index (χ3n) is 7.62. The van der Waals surface area contributed by atoms with Gasteiger partial charge in [-0.15, -0.1) is 0 Å². The van der Waals surface area contributed by atoms with Gasteiger partial charge in [0.05, 0.1) is 17.6 Å². The van der Waals surface area contributed by atoms with Crippen molar-refractivity contribution < 1.29 is 9.90 Å². The number of nitrogens with one attached hydrogen (secondary N) is 1. The van der Waals surface area contributed by atoms with Gasteiger partial charge in [-0.05, 0) is 43.9 Å². The lowest BCUT2D eigenvalue weighted by Crippen LogP contribution is -2.36. The first-order chi connectivity index (χ1) is 19.4. The number of aryl methyl sites for hydroxylation is 1. The van der Waals surface area contributed by atoms with Gasteiger partial charge in [0.2, 0.25) is 11.9 Å². The molecule has 0 spiro atoms. The number of carbonyl (C=O) groups excluding carboxylic acids is 1. The third-order valence-corrected chi connectivity index (χ3v) is 7.62. The SMILES string of the molecule is CC(O)(c1ccccc1)c1cc(-c2c[nH]c3ncc(-c4cnn(CCC(=O)N5CCCCC5)c4)cc23)nc(N)n1. The minimum Gasteiger partial charge on any atom is -0.379 e. The van der Waals surface area contributed by atoms with Crippen molar-refractivity contribution in [2.75, 3.05) is 18.8 Å². The number of anilines is 1. The second kappa shape index (κ2) is 10.5. The number of hydrogen-bond donors (Lipinski definition) is 3. The number of nitrogens with zero attached hydrogens (tertiary/aromatic N) is 6. The maximum absolute atomic E-state index is 12.6. The first kappa shape index (κ1) is 25.7. The molecule has 6 rings (SSSR count). The maximum Gasteiger partial charge on any atom is 0.224 e. The van der Waals surface area contributed by atoms with Crippen molar-refractivity contribution in [1.82, 2.24) is 34.6 Å². The summed E-state index contributed by atoms with van der Waals surface area (Å²) in [6, 6.07) is 13.1. The van der Waals surface area contributed by atoms with Crippen molar-refractivity contribution in [2.45, 2.75) is 44.8 Å². The Bertz CT molecular complexity index is 1650. The summed E-state index contributed by atoms with van der Waals surface area (Å²) in [4.78, 5) is 31.2. The fourth-order valence-corrected chi connectivity index (χ4v) is 5.28. The van der Waals surface area contributed by atoms with Crippen LogP contribution in [0.25, 0.3) is 33.4 Å². The van der Waals surface area contributed by atoms with Crippen molar-refractivity contribution in [1.29, 1.82) is 0 Å². The minimum atomic E-state index is -1.35. The molecule has 0 radical (unpaired) electrons. The molecule has 4 N–H and O–H groups in total. The third kappa shape index (κ3) is 5.05. The number of rotatable bonds is 7. The summed E-state index contributed by atoms with van der Waals surface area (Å²) in [6.45, 7) is 3.94. The Balaban J connectivity index is 1.26. The van der Waals surface area contributed by atoms with Crippen molar-refractivity contribution in [3.05, 3.63) is 78.5 Å². The normalized spacial score (nSPS) is 15.3. The second-order valence-corrected chi connectivity index (χ2v) is 10.4. The average Bonchev–Trinajstić information content (AvgIpc) is 3.63. The van der Waals surface area contributed by atoms with Gasteiger partial charge in [0.25, 0.3) is 0 Å². The number of carbonyl (C=O) groups is 1. The predicted octanol–water partition coefficient (Wildman–Crippen LogP) is 4.12. The Morgan fingerprint density at radius 1 is 1.07 bits per heavy atom. The van der Waals surface area contributed by atoms with E-state index in [0.29, 0.717) is 35.6 Å². The number of benzene rings is 1. The van der Waals surface area contributed by atoms with E-state index in [4.69, 9.17) is 5.73 Å². The molecule has 1 fully saturated rings. The van der Waals surface area contributed by atoms with E-state index in [0.717, 1.165) is 48.0 Å². The highest BCUT2D eigenvalue weighted by Gasteiger charge is 2.29. The van der Waals surface area contributed by atoms with Gasteiger partial charge in [0.1, 0.15) is 11.2 Å². The molecule has 0 saturated carbocycles. The number of hydrogen-bond acceptors (Lipinski definition) is 7. The summed E-state index contributed by atoms with van der Waals surface area (Å²) in [7, 11) is 0. The number of fused-ring (bicyclic) bond motifs is 1. The number of aliphatic hydroxyl groups is 1. The lowest BCUT2D eigenvalue weighted by Gasteiger charge is -2.26. The number of pyridine rings is 1. The lowest BCUT2D eigenvalue weighted by atomic mass is 9.91. The molecule has 1 unspecified atom stereocenters. The smallest absolute Gasteiger partial charge is 0.224 e. The van der Waals surface area contributed by atoms with Crippen LogP contribution in [0.1, 0.15) is 43.9 Å². The number of amides is 1. The summed E-state index contributed by atoms with van der Waals surface area (Å²) in [5.74, 6) is 0.258. The van der Waals surface area contributed by atoms with Gasteiger partial charge >= 0.3 is 0 Å². The molecule has 5 heterocycles. The summed E-state index contributed by atoms with van der Waals surface area (Å²) < 4.78 is 1.81. The quantitative estimate of drug-likeness (QED) is 0.284. The molecule has 10 heteroatoms. The molecule has 0 bridgehead atoms. The van der Waals surface area contributed by atoms with Gasteiger partial charge in [-0.3, -0.25) is 9.48 Å². The van der Waals surface area contributed by atoms with Gasteiger partial charge in [-0.25, -0.2) is 15.0 Å². The molecule has 0 aliphatic carbocycles. The maximum atomic E-state index is 12.6. The van der Waals surface area contributed by atoms with E-state index < -0.39 is 5.60 Å². The Morgan fingerprint density at radius 3 is 2.67 bits per heavy atom. The number of piperidine rings is 1. The minimum absolute atomic E-state index is 0.0718. The van der Waals surface area contributed by atoms with Crippen LogP contribution in [0.5, 0.6) is 0 Å². The van der Waals surface area contributed by atoms with Crippen LogP contribution in [-0.4, -0.2) is 58.7 Å². The molecule has 1 aliphatic heterocycles. The fourth-order valence-electron chi connectivity index (χ4n) is 5.28. The van der Waals surface area contributed by atoms with E-state index in [1.54, 1.807) is 25.4 Å². The Hall–Kier alpha value is -4.57. The number of aromatic nitrogens is 6. The number of H-pyrrole nitrogens is 1. The van der Waals surface area contributed by atoms with Crippen molar-refractivity contribution in [3.63, 3.8) is 0 Å². The standard InChI is InChI=1S/C30H32N8O2/c1-30(40,22-8-4-2-5-9-22)26-15-25(35-29(31)36-26)24-18-33-28-23(24)14-20(16-32-28)21-17-34-38(19-21)13-10-27(39)37-11-6-3-7-12-37/h2,4-5,8-9,14-19,40H,3,6-7,10-13H2,1H3,(H,32,33)(H2,31,35,36). The van der Waals surface area contributed by atoms with E-state index in [-0.39, 0.29) is 11.9 Å². The molecule has 1 atom stereocenters. The van der Waals surface area contributed by atoms with Gasteiger partial charge < -0.3 is 20.7 Å². The lowest BCUT2D eigenvalue weighted by molar-refractivity contribution is -0.132. The molecule has 40 heavy (non-hydrogen) atoms. The molecule has 1 saturated heterocycles. The summed E-state index contributed by atoms with van der Waals surface area (Å²) in [5.41, 5.74) is 9.73. The predicted molar refractivity (Wildman–Crippen MR) is 153 cm³/mol. The summed E-state index contributed by atoms with van der Waals surface area (Å²) in [5, 5.41) is 16.7. The molecule has 4 aromatic heterocycles. The van der Waals surface area contributed by atoms with Crippen LogP contribution in [0.15, 0.2) is 67.3 Å². The molecule has 1 aliphatic rings. The van der Waals surface area contributed by atoms with Crippen LogP contribution in [0.3, 0.4) is 0 Å². The number of likely N-dealkylation sites (tertiary alicyclic amines) is 1. The zero-order chi connectivity index (χ0) is 27.7. The Labute approximate surface area is 231 Å². The fraction of sp³-hybridized carbons (Fsp3) is 0.300. The average molecular weight is 537 g/mol. The first-order valence-corrected chi connectivity index (χ1v) is 13.6. The Morgan fingerprint density at radius 2 is 1.88 bits per heavy atom. The molecule has 1 amide bonds. The number of nitrogen functional groups attached to an aromatic ring is 1. The zero-order valence-electron chi connectivity index (χ0n) is 22.4.